The fourth-order valence-electron chi connectivity index (χ4n) is 5.53. The molecule has 2 aromatic heterocycles. The van der Waals surface area contributed by atoms with E-state index in [0.29, 0.717) is 35.2 Å². The van der Waals surface area contributed by atoms with Crippen molar-refractivity contribution in [3.63, 3.8) is 0 Å². The first-order chi connectivity index (χ1) is 18.6. The summed E-state index contributed by atoms with van der Waals surface area (Å²) >= 11 is 0. The maximum atomic E-state index is 13.2. The highest BCUT2D eigenvalue weighted by atomic mass is 16.1. The number of nitrogens with zero attached hydrogens (tertiary/aromatic N) is 5. The van der Waals surface area contributed by atoms with Gasteiger partial charge in [-0.25, -0.2) is 19.6 Å². The quantitative estimate of drug-likeness (QED) is 0.361. The van der Waals surface area contributed by atoms with Crippen molar-refractivity contribution in [2.24, 2.45) is 0 Å². The van der Waals surface area contributed by atoms with Gasteiger partial charge in [0.25, 0.3) is 5.91 Å². The fourth-order valence-corrected chi connectivity index (χ4v) is 5.53. The van der Waals surface area contributed by atoms with Crippen LogP contribution in [0.2, 0.25) is 0 Å². The van der Waals surface area contributed by atoms with Gasteiger partial charge in [0.2, 0.25) is 5.82 Å². The Morgan fingerprint density at radius 3 is 2.89 bits per heavy atom. The third kappa shape index (κ3) is 4.65. The molecule has 0 saturated carbocycles. The number of aromatic nitrogens is 5. The largest absolute Gasteiger partial charge is 0.382 e. The maximum Gasteiger partial charge on any atom is 0.251 e. The Bertz CT molecular complexity index is 1470. The molecule has 2 aliphatic rings. The van der Waals surface area contributed by atoms with Crippen LogP contribution in [-0.2, 0) is 13.0 Å². The summed E-state index contributed by atoms with van der Waals surface area (Å²) in [5, 5.41) is 11.4. The zero-order valence-corrected chi connectivity index (χ0v) is 21.5. The van der Waals surface area contributed by atoms with E-state index in [9.17, 15) is 4.79 Å². The van der Waals surface area contributed by atoms with Gasteiger partial charge in [0, 0.05) is 30.1 Å². The van der Waals surface area contributed by atoms with E-state index >= 15 is 0 Å². The molecule has 9 heteroatoms. The Morgan fingerprint density at radius 1 is 1.16 bits per heavy atom. The van der Waals surface area contributed by atoms with E-state index in [0.717, 1.165) is 50.2 Å². The van der Waals surface area contributed by atoms with Gasteiger partial charge in [-0.3, -0.25) is 4.79 Å². The molecule has 1 fully saturated rings. The molecule has 1 aliphatic heterocycles. The van der Waals surface area contributed by atoms with Gasteiger partial charge in [-0.15, -0.1) is 5.10 Å². The Hall–Kier alpha value is -4.11. The van der Waals surface area contributed by atoms with Crippen molar-refractivity contribution < 1.29 is 4.79 Å². The molecule has 2 unspecified atom stereocenters. The highest BCUT2D eigenvalue weighted by Gasteiger charge is 2.25. The second kappa shape index (κ2) is 10.3. The fraction of sp³-hybridized carbons (Fsp3) is 0.345. The highest BCUT2D eigenvalue weighted by Crippen LogP contribution is 2.31. The number of nitrogen functional groups attached to an aromatic ring is 1. The van der Waals surface area contributed by atoms with Gasteiger partial charge in [0.15, 0.2) is 11.5 Å². The molecule has 1 saturated heterocycles. The second-order valence-corrected chi connectivity index (χ2v) is 9.99. The number of piperidine rings is 1. The zero-order chi connectivity index (χ0) is 26.1. The number of fused-ring (bicyclic) bond motifs is 1. The topological polar surface area (TPSA) is 124 Å². The number of benzene rings is 2. The summed E-state index contributed by atoms with van der Waals surface area (Å²) in [5.41, 5.74) is 11.2. The third-order valence-corrected chi connectivity index (χ3v) is 7.53. The molecule has 9 nitrogen and oxygen atoms in total. The summed E-state index contributed by atoms with van der Waals surface area (Å²) in [5.74, 6) is 1.92. The number of anilines is 1. The number of nitrogens with one attached hydrogen (secondary N) is 2. The molecule has 4 N–H and O–H groups in total. The number of amides is 1. The Morgan fingerprint density at radius 2 is 2.05 bits per heavy atom. The van der Waals surface area contributed by atoms with Gasteiger partial charge in [0.05, 0.1) is 17.9 Å². The van der Waals surface area contributed by atoms with Crippen molar-refractivity contribution in [2.45, 2.75) is 51.1 Å². The molecule has 0 spiro atoms. The van der Waals surface area contributed by atoms with Gasteiger partial charge in [-0.2, -0.15) is 0 Å². The Labute approximate surface area is 221 Å². The molecule has 194 valence electrons. The molecule has 4 aromatic rings. The van der Waals surface area contributed by atoms with Crippen LogP contribution in [0.5, 0.6) is 0 Å². The molecule has 3 heterocycles. The number of carbonyl (C=O) groups is 1. The molecular formula is C29H32N8O. The summed E-state index contributed by atoms with van der Waals surface area (Å²) in [6.07, 6.45) is 5.71. The van der Waals surface area contributed by atoms with Crippen LogP contribution in [0.3, 0.4) is 0 Å². The van der Waals surface area contributed by atoms with Crippen LogP contribution in [0.25, 0.3) is 22.8 Å². The average Bonchev–Trinajstić information content (AvgIpc) is 3.58. The molecule has 1 amide bonds. The van der Waals surface area contributed by atoms with E-state index in [2.05, 4.69) is 34.7 Å². The first-order valence-electron chi connectivity index (χ1n) is 13.4. The number of aryl methyl sites for hydroxylation is 2. The molecule has 2 atom stereocenters. The first kappa shape index (κ1) is 24.2. The molecule has 1 aliphatic carbocycles. The predicted octanol–water partition coefficient (Wildman–Crippen LogP) is 3.89. The van der Waals surface area contributed by atoms with E-state index < -0.39 is 0 Å². The number of nitrogens with two attached hydrogens (primary N) is 1. The molecule has 2 aromatic carbocycles. The number of hydrogen-bond donors (Lipinski definition) is 3. The molecular weight excluding hydrogens is 476 g/mol. The lowest BCUT2D eigenvalue weighted by Crippen LogP contribution is -2.30. The lowest BCUT2D eigenvalue weighted by atomic mass is 9.99. The summed E-state index contributed by atoms with van der Waals surface area (Å²) in [6, 6.07) is 15.8. The molecule has 6 rings (SSSR count). The van der Waals surface area contributed by atoms with Crippen LogP contribution in [0, 0.1) is 0 Å². The zero-order valence-electron chi connectivity index (χ0n) is 21.5. The smallest absolute Gasteiger partial charge is 0.251 e. The monoisotopic (exact) mass is 508 g/mol. The predicted molar refractivity (Wildman–Crippen MR) is 146 cm³/mol. The van der Waals surface area contributed by atoms with Gasteiger partial charge < -0.3 is 16.4 Å². The van der Waals surface area contributed by atoms with Crippen LogP contribution in [0.15, 0.2) is 54.7 Å². The van der Waals surface area contributed by atoms with Crippen LogP contribution in [0.1, 0.15) is 65.5 Å². The summed E-state index contributed by atoms with van der Waals surface area (Å²) in [4.78, 5) is 27.2. The standard InChI is InChI=1S/C29H32N8O/c1-2-37-28(21-10-6-14-31-16-21)35-27(36-37)25-26(30)32-17-24(33-25)19-8-5-9-20(15-19)29(38)34-23-13-12-18-7-3-4-11-22(18)23/h3-5,7-9,11,15,17,21,23,31H,2,6,10,12-14,16H2,1H3,(H2,30,32)(H,34,38). The lowest BCUT2D eigenvalue weighted by Gasteiger charge is -2.21. The van der Waals surface area contributed by atoms with Crippen LogP contribution in [0.4, 0.5) is 5.82 Å². The summed E-state index contributed by atoms with van der Waals surface area (Å²) < 4.78 is 1.94. The highest BCUT2D eigenvalue weighted by molar-refractivity contribution is 5.95. The van der Waals surface area contributed by atoms with Crippen molar-refractivity contribution in [1.29, 1.82) is 0 Å². The van der Waals surface area contributed by atoms with Crippen molar-refractivity contribution in [3.8, 4) is 22.8 Å². The normalized spacial score (nSPS) is 18.8. The van der Waals surface area contributed by atoms with Gasteiger partial charge in [-0.1, -0.05) is 36.4 Å². The number of hydrogen-bond acceptors (Lipinski definition) is 7. The van der Waals surface area contributed by atoms with Crippen LogP contribution >= 0.6 is 0 Å². The van der Waals surface area contributed by atoms with Crippen LogP contribution in [-0.4, -0.2) is 43.7 Å². The van der Waals surface area contributed by atoms with Gasteiger partial charge in [-0.05, 0) is 62.4 Å². The molecule has 0 bridgehead atoms. The minimum Gasteiger partial charge on any atom is -0.382 e. The minimum absolute atomic E-state index is 0.0265. The Balaban J connectivity index is 1.27. The van der Waals surface area contributed by atoms with E-state index in [1.165, 1.54) is 11.1 Å². The molecule has 38 heavy (non-hydrogen) atoms. The summed E-state index contributed by atoms with van der Waals surface area (Å²) in [7, 11) is 0. The van der Waals surface area contributed by atoms with E-state index in [-0.39, 0.29) is 17.8 Å². The van der Waals surface area contributed by atoms with Crippen molar-refractivity contribution in [3.05, 3.63) is 77.2 Å². The SMILES string of the molecule is CCn1nc(-c2nc(-c3cccc(C(=O)NC4CCc5ccccc54)c3)cnc2N)nc1C1CCCNC1. The molecule has 0 radical (unpaired) electrons. The van der Waals surface area contributed by atoms with Crippen molar-refractivity contribution in [2.75, 3.05) is 18.8 Å². The number of carbonyl (C=O) groups excluding carboxylic acids is 1. The van der Waals surface area contributed by atoms with Gasteiger partial charge in [0.1, 0.15) is 5.82 Å². The van der Waals surface area contributed by atoms with Crippen molar-refractivity contribution >= 4 is 11.7 Å². The van der Waals surface area contributed by atoms with E-state index in [1.54, 1.807) is 6.20 Å². The van der Waals surface area contributed by atoms with E-state index in [1.807, 2.05) is 41.1 Å². The van der Waals surface area contributed by atoms with Crippen molar-refractivity contribution in [1.82, 2.24) is 35.4 Å². The summed E-state index contributed by atoms with van der Waals surface area (Å²) in [6.45, 7) is 4.70. The maximum absolute atomic E-state index is 13.2. The van der Waals surface area contributed by atoms with E-state index in [4.69, 9.17) is 20.8 Å². The second-order valence-electron chi connectivity index (χ2n) is 9.99. The minimum atomic E-state index is -0.105. The third-order valence-electron chi connectivity index (χ3n) is 7.53. The van der Waals surface area contributed by atoms with Gasteiger partial charge >= 0.3 is 0 Å². The lowest BCUT2D eigenvalue weighted by molar-refractivity contribution is 0.0936. The Kier molecular flexibility index (Phi) is 6.59. The average molecular weight is 509 g/mol. The first-order valence-corrected chi connectivity index (χ1v) is 13.4. The van der Waals surface area contributed by atoms with Crippen LogP contribution < -0.4 is 16.4 Å². The number of rotatable bonds is 6.